The molecule has 1 unspecified atom stereocenters. The molecule has 0 aromatic heterocycles. The van der Waals surface area contributed by atoms with E-state index in [9.17, 15) is 8.42 Å². The van der Waals surface area contributed by atoms with Gasteiger partial charge in [-0.05, 0) is 48.2 Å². The standard InChI is InChI=1S/C18H20ClNO3S/c1-13(9-14-5-6-18-16(10-14)7-8-23-18)20-24(21,22)12-15-3-2-4-17(19)11-15/h2-6,10-11,13,20H,7-9,12H2,1H3. The number of hydrogen-bond acceptors (Lipinski definition) is 3. The van der Waals surface area contributed by atoms with Crippen LogP contribution in [-0.4, -0.2) is 21.1 Å². The zero-order valence-corrected chi connectivity index (χ0v) is 15.0. The van der Waals surface area contributed by atoms with Gasteiger partial charge < -0.3 is 4.74 Å². The van der Waals surface area contributed by atoms with Crippen molar-refractivity contribution < 1.29 is 13.2 Å². The highest BCUT2D eigenvalue weighted by molar-refractivity contribution is 7.88. The van der Waals surface area contributed by atoms with Crippen LogP contribution < -0.4 is 9.46 Å². The summed E-state index contributed by atoms with van der Waals surface area (Å²) in [5.74, 6) is 0.864. The highest BCUT2D eigenvalue weighted by atomic mass is 35.5. The second kappa shape index (κ2) is 7.13. The molecule has 24 heavy (non-hydrogen) atoms. The van der Waals surface area contributed by atoms with E-state index in [1.807, 2.05) is 19.1 Å². The second-order valence-corrected chi connectivity index (χ2v) is 8.34. The number of halogens is 1. The maximum absolute atomic E-state index is 12.3. The van der Waals surface area contributed by atoms with Crippen LogP contribution in [0, 0.1) is 0 Å². The van der Waals surface area contributed by atoms with Gasteiger partial charge in [0.05, 0.1) is 12.4 Å². The molecule has 1 atom stereocenters. The van der Waals surface area contributed by atoms with Gasteiger partial charge in [-0.15, -0.1) is 0 Å². The predicted molar refractivity (Wildman–Crippen MR) is 96.0 cm³/mol. The van der Waals surface area contributed by atoms with Crippen molar-refractivity contribution in [3.8, 4) is 5.75 Å². The van der Waals surface area contributed by atoms with Crippen molar-refractivity contribution in [3.63, 3.8) is 0 Å². The molecule has 0 aliphatic carbocycles. The van der Waals surface area contributed by atoms with Gasteiger partial charge in [-0.1, -0.05) is 35.9 Å². The van der Waals surface area contributed by atoms with Crippen LogP contribution in [-0.2, 0) is 28.6 Å². The molecule has 128 valence electrons. The fourth-order valence-electron chi connectivity index (χ4n) is 2.96. The van der Waals surface area contributed by atoms with Crippen molar-refractivity contribution in [2.24, 2.45) is 0 Å². The second-order valence-electron chi connectivity index (χ2n) is 6.15. The number of ether oxygens (including phenoxy) is 1. The fraction of sp³-hybridized carbons (Fsp3) is 0.333. The summed E-state index contributed by atoms with van der Waals surface area (Å²) >= 11 is 5.91. The molecule has 0 saturated carbocycles. The molecule has 0 radical (unpaired) electrons. The smallest absolute Gasteiger partial charge is 0.216 e. The van der Waals surface area contributed by atoms with Crippen LogP contribution in [0.4, 0.5) is 0 Å². The average Bonchev–Trinajstić information content (AvgIpc) is 2.93. The molecule has 1 aliphatic rings. The third-order valence-electron chi connectivity index (χ3n) is 3.92. The van der Waals surface area contributed by atoms with E-state index in [2.05, 4.69) is 10.8 Å². The Bertz CT molecular complexity index is 836. The van der Waals surface area contributed by atoms with Crippen molar-refractivity contribution >= 4 is 21.6 Å². The van der Waals surface area contributed by atoms with Crippen molar-refractivity contribution in [2.45, 2.75) is 31.6 Å². The maximum Gasteiger partial charge on any atom is 0.216 e. The van der Waals surface area contributed by atoms with Crippen molar-refractivity contribution in [2.75, 3.05) is 6.61 Å². The molecule has 0 spiro atoms. The summed E-state index contributed by atoms with van der Waals surface area (Å²) in [6, 6.07) is 12.8. The molecule has 3 rings (SSSR count). The minimum atomic E-state index is -3.42. The highest BCUT2D eigenvalue weighted by Gasteiger charge is 2.17. The van der Waals surface area contributed by atoms with Crippen LogP contribution in [0.15, 0.2) is 42.5 Å². The minimum absolute atomic E-state index is 0.0735. The van der Waals surface area contributed by atoms with E-state index in [0.717, 1.165) is 24.3 Å². The third-order valence-corrected chi connectivity index (χ3v) is 5.63. The van der Waals surface area contributed by atoms with Crippen LogP contribution in [0.1, 0.15) is 23.6 Å². The van der Waals surface area contributed by atoms with Crippen LogP contribution >= 0.6 is 11.6 Å². The van der Waals surface area contributed by atoms with E-state index in [1.54, 1.807) is 24.3 Å². The number of sulfonamides is 1. The summed E-state index contributed by atoms with van der Waals surface area (Å²) in [6.07, 6.45) is 1.56. The average molecular weight is 366 g/mol. The van der Waals surface area contributed by atoms with Crippen molar-refractivity contribution in [3.05, 3.63) is 64.2 Å². The molecule has 1 aliphatic heterocycles. The molecule has 0 bridgehead atoms. The molecule has 1 N–H and O–H groups in total. The Morgan fingerprint density at radius 2 is 2.04 bits per heavy atom. The Hall–Kier alpha value is -1.56. The van der Waals surface area contributed by atoms with E-state index in [-0.39, 0.29) is 11.8 Å². The van der Waals surface area contributed by atoms with E-state index >= 15 is 0 Å². The Morgan fingerprint density at radius 1 is 1.21 bits per heavy atom. The molecular formula is C18H20ClNO3S. The van der Waals surface area contributed by atoms with Crippen LogP contribution in [0.3, 0.4) is 0 Å². The molecule has 0 amide bonds. The first-order valence-electron chi connectivity index (χ1n) is 7.90. The number of nitrogens with one attached hydrogen (secondary N) is 1. The Morgan fingerprint density at radius 3 is 2.83 bits per heavy atom. The van der Waals surface area contributed by atoms with Gasteiger partial charge in [0.15, 0.2) is 0 Å². The lowest BCUT2D eigenvalue weighted by Crippen LogP contribution is -2.35. The number of benzene rings is 2. The monoisotopic (exact) mass is 365 g/mol. The number of hydrogen-bond donors (Lipinski definition) is 1. The van der Waals surface area contributed by atoms with Crippen molar-refractivity contribution in [1.29, 1.82) is 0 Å². The van der Waals surface area contributed by atoms with Gasteiger partial charge in [-0.3, -0.25) is 0 Å². The molecular weight excluding hydrogens is 346 g/mol. The van der Waals surface area contributed by atoms with Gasteiger partial charge in [-0.25, -0.2) is 13.1 Å². The van der Waals surface area contributed by atoms with E-state index in [4.69, 9.17) is 16.3 Å². The molecule has 6 heteroatoms. The molecule has 2 aromatic rings. The molecule has 0 saturated heterocycles. The summed E-state index contributed by atoms with van der Waals surface area (Å²) < 4.78 is 32.9. The molecule has 1 heterocycles. The fourth-order valence-corrected chi connectivity index (χ4v) is 4.57. The van der Waals surface area contributed by atoms with Crippen LogP contribution in [0.5, 0.6) is 5.75 Å². The Labute approximate surface area is 147 Å². The van der Waals surface area contributed by atoms with Gasteiger partial charge in [0.2, 0.25) is 10.0 Å². The number of rotatable bonds is 6. The van der Waals surface area contributed by atoms with Gasteiger partial charge in [0.25, 0.3) is 0 Å². The summed E-state index contributed by atoms with van der Waals surface area (Å²) in [7, 11) is -3.42. The molecule has 0 fully saturated rings. The first-order chi connectivity index (χ1) is 11.4. The quantitative estimate of drug-likeness (QED) is 0.854. The normalized spacial score (nSPS) is 14.9. The summed E-state index contributed by atoms with van der Waals surface area (Å²) in [5, 5.41) is 0.538. The minimum Gasteiger partial charge on any atom is -0.493 e. The Kier molecular flexibility index (Phi) is 5.13. The summed E-state index contributed by atoms with van der Waals surface area (Å²) in [5.41, 5.74) is 2.98. The van der Waals surface area contributed by atoms with Gasteiger partial charge in [0.1, 0.15) is 5.75 Å². The first-order valence-corrected chi connectivity index (χ1v) is 9.93. The largest absolute Gasteiger partial charge is 0.493 e. The third kappa shape index (κ3) is 4.50. The van der Waals surface area contributed by atoms with E-state index < -0.39 is 10.0 Å². The van der Waals surface area contributed by atoms with Gasteiger partial charge in [0, 0.05) is 17.5 Å². The first kappa shape index (κ1) is 17.3. The van der Waals surface area contributed by atoms with Crippen LogP contribution in [0.2, 0.25) is 5.02 Å². The maximum atomic E-state index is 12.3. The van der Waals surface area contributed by atoms with E-state index in [1.165, 1.54) is 5.56 Å². The van der Waals surface area contributed by atoms with Gasteiger partial charge >= 0.3 is 0 Å². The molecule has 4 nitrogen and oxygen atoms in total. The zero-order valence-electron chi connectivity index (χ0n) is 13.5. The Balaban J connectivity index is 1.62. The van der Waals surface area contributed by atoms with Gasteiger partial charge in [-0.2, -0.15) is 0 Å². The predicted octanol–water partition coefficient (Wildman–Crippen LogP) is 3.33. The topological polar surface area (TPSA) is 55.4 Å². The lowest BCUT2D eigenvalue weighted by atomic mass is 10.0. The lowest BCUT2D eigenvalue weighted by Gasteiger charge is -2.15. The van der Waals surface area contributed by atoms with E-state index in [0.29, 0.717) is 17.0 Å². The highest BCUT2D eigenvalue weighted by Crippen LogP contribution is 2.26. The number of fused-ring (bicyclic) bond motifs is 1. The van der Waals surface area contributed by atoms with Crippen LogP contribution in [0.25, 0.3) is 0 Å². The SMILES string of the molecule is CC(Cc1ccc2c(c1)CCO2)NS(=O)(=O)Cc1cccc(Cl)c1. The molecule has 2 aromatic carbocycles. The summed E-state index contributed by atoms with van der Waals surface area (Å²) in [6.45, 7) is 2.60. The lowest BCUT2D eigenvalue weighted by molar-refractivity contribution is 0.357. The summed E-state index contributed by atoms with van der Waals surface area (Å²) in [4.78, 5) is 0. The van der Waals surface area contributed by atoms with Crippen molar-refractivity contribution in [1.82, 2.24) is 4.72 Å². The zero-order chi connectivity index (χ0) is 17.2.